The van der Waals surface area contributed by atoms with Crippen LogP contribution in [0.25, 0.3) is 0 Å². The molecule has 0 aromatic heterocycles. The van der Waals surface area contributed by atoms with E-state index in [1.54, 1.807) is 6.92 Å². The van der Waals surface area contributed by atoms with E-state index in [1.807, 2.05) is 0 Å². The Kier molecular flexibility index (Phi) is 4.78. The average molecular weight is 290 g/mol. The molecule has 0 radical (unpaired) electrons. The zero-order valence-corrected chi connectivity index (χ0v) is 11.6. The predicted octanol–water partition coefficient (Wildman–Crippen LogP) is 1.62. The fraction of sp³-hybridized carbons (Fsp3) is 0.333. The average Bonchev–Trinajstić information content (AvgIpc) is 2.28. The van der Waals surface area contributed by atoms with Crippen molar-refractivity contribution in [2.75, 3.05) is 13.6 Å². The molecule has 106 valence electrons. The van der Waals surface area contributed by atoms with Gasteiger partial charge in [0.15, 0.2) is 5.82 Å². The Morgan fingerprint density at radius 3 is 2.47 bits per heavy atom. The van der Waals surface area contributed by atoms with Crippen molar-refractivity contribution in [2.45, 2.75) is 18.4 Å². The van der Waals surface area contributed by atoms with Crippen molar-refractivity contribution in [3.05, 3.63) is 41.5 Å². The largest absolute Gasteiger partial charge is 0.326 e. The van der Waals surface area contributed by atoms with E-state index in [0.29, 0.717) is 5.57 Å². The van der Waals surface area contributed by atoms with Crippen LogP contribution in [0, 0.1) is 11.6 Å². The number of hydrogen-bond donors (Lipinski definition) is 1. The molecule has 19 heavy (non-hydrogen) atoms. The minimum atomic E-state index is -4.04. The maximum atomic E-state index is 14.0. The van der Waals surface area contributed by atoms with Crippen LogP contribution in [0.4, 0.5) is 8.78 Å². The fourth-order valence-electron chi connectivity index (χ4n) is 1.60. The molecule has 1 rings (SSSR count). The standard InChI is InChI=1S/C12H16F2N2O2S/c1-8(2)7-16(3)19(17,18)11-5-4-10(13)9(6-15)12(11)14/h4-5H,1,6-7,15H2,2-3H3. The minimum Gasteiger partial charge on any atom is -0.326 e. The lowest BCUT2D eigenvalue weighted by Gasteiger charge is -2.18. The molecule has 0 heterocycles. The van der Waals surface area contributed by atoms with Gasteiger partial charge in [0.2, 0.25) is 10.0 Å². The summed E-state index contributed by atoms with van der Waals surface area (Å²) in [5, 5.41) is 0. The highest BCUT2D eigenvalue weighted by Crippen LogP contribution is 2.23. The van der Waals surface area contributed by atoms with E-state index in [2.05, 4.69) is 6.58 Å². The second-order valence-corrected chi connectivity index (χ2v) is 6.27. The highest BCUT2D eigenvalue weighted by molar-refractivity contribution is 7.89. The number of sulfonamides is 1. The third kappa shape index (κ3) is 3.17. The number of hydrogen-bond acceptors (Lipinski definition) is 3. The monoisotopic (exact) mass is 290 g/mol. The Hall–Kier alpha value is -1.31. The highest BCUT2D eigenvalue weighted by Gasteiger charge is 2.26. The van der Waals surface area contributed by atoms with Crippen molar-refractivity contribution in [3.8, 4) is 0 Å². The molecule has 0 aliphatic carbocycles. The van der Waals surface area contributed by atoms with Gasteiger partial charge in [0.25, 0.3) is 0 Å². The van der Waals surface area contributed by atoms with Gasteiger partial charge in [0, 0.05) is 25.7 Å². The van der Waals surface area contributed by atoms with Gasteiger partial charge < -0.3 is 5.73 Å². The van der Waals surface area contributed by atoms with Gasteiger partial charge >= 0.3 is 0 Å². The van der Waals surface area contributed by atoms with E-state index >= 15 is 0 Å². The van der Waals surface area contributed by atoms with Gasteiger partial charge in [-0.15, -0.1) is 0 Å². The van der Waals surface area contributed by atoms with Crippen molar-refractivity contribution in [1.82, 2.24) is 4.31 Å². The maximum absolute atomic E-state index is 14.0. The molecule has 4 nitrogen and oxygen atoms in total. The van der Waals surface area contributed by atoms with Crippen LogP contribution in [0.15, 0.2) is 29.2 Å². The van der Waals surface area contributed by atoms with Gasteiger partial charge in [-0.1, -0.05) is 12.2 Å². The van der Waals surface area contributed by atoms with Gasteiger partial charge in [0.1, 0.15) is 10.7 Å². The zero-order valence-electron chi connectivity index (χ0n) is 10.8. The van der Waals surface area contributed by atoms with Crippen molar-refractivity contribution in [2.24, 2.45) is 5.73 Å². The molecule has 0 bridgehead atoms. The summed E-state index contributed by atoms with van der Waals surface area (Å²) in [6.07, 6.45) is 0. The molecule has 0 saturated carbocycles. The van der Waals surface area contributed by atoms with Crippen LogP contribution >= 0.6 is 0 Å². The summed E-state index contributed by atoms with van der Waals surface area (Å²) in [5.74, 6) is -2.00. The topological polar surface area (TPSA) is 63.4 Å². The lowest BCUT2D eigenvalue weighted by molar-refractivity contribution is 0.478. The van der Waals surface area contributed by atoms with Crippen molar-refractivity contribution in [1.29, 1.82) is 0 Å². The van der Waals surface area contributed by atoms with E-state index in [1.165, 1.54) is 7.05 Å². The predicted molar refractivity (Wildman–Crippen MR) is 68.9 cm³/mol. The molecule has 0 aliphatic rings. The van der Waals surface area contributed by atoms with Crippen LogP contribution in [-0.4, -0.2) is 26.3 Å². The lowest BCUT2D eigenvalue weighted by atomic mass is 10.2. The lowest BCUT2D eigenvalue weighted by Crippen LogP contribution is -2.29. The van der Waals surface area contributed by atoms with E-state index in [-0.39, 0.29) is 6.54 Å². The maximum Gasteiger partial charge on any atom is 0.246 e. The van der Waals surface area contributed by atoms with E-state index in [4.69, 9.17) is 5.73 Å². The number of likely N-dealkylation sites (N-methyl/N-ethyl adjacent to an activating group) is 1. The third-order valence-corrected chi connectivity index (χ3v) is 4.36. The molecule has 0 atom stereocenters. The number of nitrogens with zero attached hydrogens (tertiary/aromatic N) is 1. The highest BCUT2D eigenvalue weighted by atomic mass is 32.2. The van der Waals surface area contributed by atoms with Crippen LogP contribution in [0.2, 0.25) is 0 Å². The molecular weight excluding hydrogens is 274 g/mol. The first-order chi connectivity index (χ1) is 8.71. The quantitative estimate of drug-likeness (QED) is 0.838. The Labute approximate surface area is 111 Å². The number of rotatable bonds is 5. The Morgan fingerprint density at radius 1 is 1.42 bits per heavy atom. The molecule has 0 unspecified atom stereocenters. The molecule has 2 N–H and O–H groups in total. The van der Waals surface area contributed by atoms with Gasteiger partial charge in [0.05, 0.1) is 0 Å². The summed E-state index contributed by atoms with van der Waals surface area (Å²) in [6, 6.07) is 1.79. The van der Waals surface area contributed by atoms with Gasteiger partial charge in [-0.25, -0.2) is 17.2 Å². The molecule has 0 fully saturated rings. The van der Waals surface area contributed by atoms with Crippen molar-refractivity contribution in [3.63, 3.8) is 0 Å². The summed E-state index contributed by atoms with van der Waals surface area (Å²) in [6.45, 7) is 4.89. The van der Waals surface area contributed by atoms with E-state index in [0.717, 1.165) is 16.4 Å². The van der Waals surface area contributed by atoms with Crippen LogP contribution in [0.5, 0.6) is 0 Å². The number of benzene rings is 1. The fourth-order valence-corrected chi connectivity index (χ4v) is 2.91. The molecule has 1 aromatic rings. The molecule has 0 aliphatic heterocycles. The second-order valence-electron chi connectivity index (χ2n) is 4.26. The second kappa shape index (κ2) is 5.77. The summed E-state index contributed by atoms with van der Waals surface area (Å²) < 4.78 is 52.5. The van der Waals surface area contributed by atoms with Crippen LogP contribution in [0.1, 0.15) is 12.5 Å². The first kappa shape index (κ1) is 15.7. The summed E-state index contributed by atoms with van der Waals surface area (Å²) in [5.41, 5.74) is 5.38. The van der Waals surface area contributed by atoms with Crippen molar-refractivity contribution < 1.29 is 17.2 Å². The van der Waals surface area contributed by atoms with Crippen molar-refractivity contribution >= 4 is 10.0 Å². The Balaban J connectivity index is 3.34. The first-order valence-corrected chi connectivity index (χ1v) is 6.93. The van der Waals surface area contributed by atoms with E-state index < -0.39 is 38.7 Å². The molecule has 0 saturated heterocycles. The van der Waals surface area contributed by atoms with E-state index in [9.17, 15) is 17.2 Å². The van der Waals surface area contributed by atoms with Gasteiger partial charge in [-0.2, -0.15) is 4.31 Å². The zero-order chi connectivity index (χ0) is 14.8. The molecule has 7 heteroatoms. The summed E-state index contributed by atoms with van der Waals surface area (Å²) in [7, 11) is -2.74. The Morgan fingerprint density at radius 2 is 2.00 bits per heavy atom. The third-order valence-electron chi connectivity index (χ3n) is 2.54. The van der Waals surface area contributed by atoms with Gasteiger partial charge in [-0.05, 0) is 19.1 Å². The minimum absolute atomic E-state index is 0.0527. The molecule has 0 spiro atoms. The first-order valence-electron chi connectivity index (χ1n) is 5.49. The molecule has 1 aromatic carbocycles. The molecular formula is C12H16F2N2O2S. The van der Waals surface area contributed by atoms with Crippen LogP contribution in [0.3, 0.4) is 0 Å². The molecule has 0 amide bonds. The van der Waals surface area contributed by atoms with Gasteiger partial charge in [-0.3, -0.25) is 0 Å². The van der Waals surface area contributed by atoms with Crippen LogP contribution in [-0.2, 0) is 16.6 Å². The number of halogens is 2. The van der Waals surface area contributed by atoms with Crippen LogP contribution < -0.4 is 5.73 Å². The summed E-state index contributed by atoms with van der Waals surface area (Å²) >= 11 is 0. The number of nitrogens with two attached hydrogens (primary N) is 1. The summed E-state index contributed by atoms with van der Waals surface area (Å²) in [4.78, 5) is -0.585. The Bertz CT molecular complexity index is 600. The SMILES string of the molecule is C=C(C)CN(C)S(=O)(=O)c1ccc(F)c(CN)c1F. The normalized spacial score (nSPS) is 11.9. The smallest absolute Gasteiger partial charge is 0.246 e.